The fourth-order valence-electron chi connectivity index (χ4n) is 1.34. The Labute approximate surface area is 121 Å². The molecule has 0 unspecified atom stereocenters. The lowest BCUT2D eigenvalue weighted by Gasteiger charge is -2.03. The van der Waals surface area contributed by atoms with Gasteiger partial charge in [-0.05, 0) is 28.3 Å². The Morgan fingerprint density at radius 1 is 1.57 bits per heavy atom. The van der Waals surface area contributed by atoms with Gasteiger partial charge >= 0.3 is 5.97 Å². The highest BCUT2D eigenvalue weighted by Crippen LogP contribution is 2.29. The highest BCUT2D eigenvalue weighted by Gasteiger charge is 2.16. The second-order valence-corrected chi connectivity index (χ2v) is 4.68. The van der Waals surface area contributed by atoms with E-state index in [-0.39, 0.29) is 22.3 Å². The number of non-ortho nitro benzene ring substituents is 1. The van der Waals surface area contributed by atoms with Gasteiger partial charge in [0.05, 0.1) is 23.0 Å². The van der Waals surface area contributed by atoms with Gasteiger partial charge in [-0.2, -0.15) is 0 Å². The minimum absolute atomic E-state index is 0.0986. The monoisotopic (exact) mass is 313 g/mol. The summed E-state index contributed by atoms with van der Waals surface area (Å²) in [4.78, 5) is 21.1. The number of nitro benzene ring substituents is 1. The molecular formula is C10H8FN5O4S. The number of nitrogens with zero attached hydrogens (tertiary/aromatic N) is 5. The number of hydrogen-bond acceptors (Lipinski definition) is 8. The third-order valence-corrected chi connectivity index (χ3v) is 3.36. The van der Waals surface area contributed by atoms with E-state index < -0.39 is 16.7 Å². The Morgan fingerprint density at radius 3 is 2.95 bits per heavy atom. The summed E-state index contributed by atoms with van der Waals surface area (Å²) in [5.74, 6) is -1.34. The Morgan fingerprint density at radius 2 is 2.33 bits per heavy atom. The van der Waals surface area contributed by atoms with Crippen LogP contribution >= 0.6 is 11.8 Å². The molecular weight excluding hydrogens is 305 g/mol. The third kappa shape index (κ3) is 3.51. The topological polar surface area (TPSA) is 113 Å². The summed E-state index contributed by atoms with van der Waals surface area (Å²) < 4.78 is 19.4. The van der Waals surface area contributed by atoms with Crippen LogP contribution in [0.3, 0.4) is 0 Å². The molecule has 0 aliphatic carbocycles. The van der Waals surface area contributed by atoms with Crippen molar-refractivity contribution in [2.24, 2.45) is 0 Å². The molecule has 11 heteroatoms. The smallest absolute Gasteiger partial charge is 0.327 e. The molecule has 0 bridgehead atoms. The van der Waals surface area contributed by atoms with E-state index >= 15 is 0 Å². The number of esters is 1. The van der Waals surface area contributed by atoms with Crippen LogP contribution in [0, 0.1) is 15.9 Å². The van der Waals surface area contributed by atoms with E-state index in [1.165, 1.54) is 19.2 Å². The maximum absolute atomic E-state index is 13.8. The first-order chi connectivity index (χ1) is 10.0. The molecule has 1 aromatic heterocycles. The van der Waals surface area contributed by atoms with E-state index in [4.69, 9.17) is 0 Å². The largest absolute Gasteiger partial charge is 0.468 e. The van der Waals surface area contributed by atoms with Gasteiger partial charge in [0.1, 0.15) is 12.4 Å². The Balaban J connectivity index is 2.21. The summed E-state index contributed by atoms with van der Waals surface area (Å²) >= 11 is 0.842. The zero-order chi connectivity index (χ0) is 15.4. The van der Waals surface area contributed by atoms with Gasteiger partial charge in [0.2, 0.25) is 5.16 Å². The van der Waals surface area contributed by atoms with E-state index in [1.54, 1.807) is 0 Å². The van der Waals surface area contributed by atoms with Crippen molar-refractivity contribution >= 4 is 23.4 Å². The first kappa shape index (κ1) is 14.8. The fourth-order valence-corrected chi connectivity index (χ4v) is 2.11. The quantitative estimate of drug-likeness (QED) is 0.457. The highest BCUT2D eigenvalue weighted by molar-refractivity contribution is 7.99. The lowest BCUT2D eigenvalue weighted by Crippen LogP contribution is -2.13. The van der Waals surface area contributed by atoms with E-state index in [2.05, 4.69) is 20.3 Å². The number of halogens is 1. The van der Waals surface area contributed by atoms with Crippen molar-refractivity contribution in [3.05, 3.63) is 34.1 Å². The van der Waals surface area contributed by atoms with Gasteiger partial charge in [0.25, 0.3) is 5.69 Å². The van der Waals surface area contributed by atoms with Gasteiger partial charge in [-0.15, -0.1) is 5.10 Å². The standard InChI is InChI=1S/C10H8FN5O4S/c1-20-9(17)5-15-10(12-13-14-15)21-8-3-2-6(16(18)19)4-7(8)11/h2-4H,5H2,1H3. The summed E-state index contributed by atoms with van der Waals surface area (Å²) in [6.07, 6.45) is 0. The lowest BCUT2D eigenvalue weighted by molar-refractivity contribution is -0.385. The SMILES string of the molecule is COC(=O)Cn1nnnc1Sc1ccc([N+](=O)[O-])cc1F. The summed E-state index contributed by atoms with van der Waals surface area (Å²) in [6, 6.07) is 3.21. The van der Waals surface area contributed by atoms with Crippen LogP contribution in [0.15, 0.2) is 28.3 Å². The predicted molar refractivity (Wildman–Crippen MR) is 67.0 cm³/mol. The zero-order valence-electron chi connectivity index (χ0n) is 10.6. The molecule has 0 aliphatic rings. The number of hydrogen-bond donors (Lipinski definition) is 0. The average Bonchev–Trinajstić information content (AvgIpc) is 2.87. The van der Waals surface area contributed by atoms with E-state index in [0.29, 0.717) is 0 Å². The van der Waals surface area contributed by atoms with Gasteiger partial charge < -0.3 is 4.74 Å². The minimum Gasteiger partial charge on any atom is -0.468 e. The van der Waals surface area contributed by atoms with Crippen molar-refractivity contribution in [1.29, 1.82) is 0 Å². The van der Waals surface area contributed by atoms with Crippen LogP contribution in [0.2, 0.25) is 0 Å². The Hall–Kier alpha value is -2.56. The van der Waals surface area contributed by atoms with Crippen molar-refractivity contribution in [2.45, 2.75) is 16.6 Å². The molecule has 0 saturated heterocycles. The molecule has 0 amide bonds. The Bertz CT molecular complexity index is 692. The van der Waals surface area contributed by atoms with Crippen LogP contribution in [0.5, 0.6) is 0 Å². The summed E-state index contributed by atoms with van der Waals surface area (Å²) in [5, 5.41) is 21.3. The number of carbonyl (C=O) groups excluding carboxylic acids is 1. The van der Waals surface area contributed by atoms with E-state index in [9.17, 15) is 19.3 Å². The molecule has 2 aromatic rings. The van der Waals surface area contributed by atoms with Crippen LogP contribution < -0.4 is 0 Å². The second kappa shape index (κ2) is 6.26. The number of ether oxygens (including phenoxy) is 1. The average molecular weight is 313 g/mol. The van der Waals surface area contributed by atoms with Crippen molar-refractivity contribution < 1.29 is 18.8 Å². The summed E-state index contributed by atoms with van der Waals surface area (Å²) in [6.45, 7) is -0.222. The number of rotatable bonds is 5. The molecule has 110 valence electrons. The van der Waals surface area contributed by atoms with Gasteiger partial charge in [-0.25, -0.2) is 9.07 Å². The zero-order valence-corrected chi connectivity index (χ0v) is 11.4. The van der Waals surface area contributed by atoms with Gasteiger partial charge in [-0.3, -0.25) is 14.9 Å². The summed E-state index contributed by atoms with van der Waals surface area (Å²) in [5.41, 5.74) is -0.356. The Kier molecular flexibility index (Phi) is 4.42. The second-order valence-electron chi connectivity index (χ2n) is 3.67. The van der Waals surface area contributed by atoms with Gasteiger partial charge in [-0.1, -0.05) is 0 Å². The number of methoxy groups -OCH3 is 1. The van der Waals surface area contributed by atoms with Crippen molar-refractivity contribution in [1.82, 2.24) is 20.2 Å². The number of benzene rings is 1. The molecule has 9 nitrogen and oxygen atoms in total. The maximum Gasteiger partial charge on any atom is 0.327 e. The molecule has 0 fully saturated rings. The molecule has 2 rings (SSSR count). The first-order valence-corrected chi connectivity index (χ1v) is 6.27. The maximum atomic E-state index is 13.8. The molecule has 0 aliphatic heterocycles. The van der Waals surface area contributed by atoms with Crippen LogP contribution in [0.25, 0.3) is 0 Å². The van der Waals surface area contributed by atoms with Crippen molar-refractivity contribution in [2.75, 3.05) is 7.11 Å². The molecule has 0 atom stereocenters. The molecule has 1 heterocycles. The number of carbonyl (C=O) groups is 1. The van der Waals surface area contributed by atoms with Crippen LogP contribution in [0.1, 0.15) is 0 Å². The van der Waals surface area contributed by atoms with Crippen molar-refractivity contribution in [3.8, 4) is 0 Å². The number of tetrazole rings is 1. The molecule has 0 radical (unpaired) electrons. The van der Waals surface area contributed by atoms with Gasteiger partial charge in [0, 0.05) is 6.07 Å². The molecule has 0 N–H and O–H groups in total. The number of aromatic nitrogens is 4. The third-order valence-electron chi connectivity index (χ3n) is 2.33. The fraction of sp³-hybridized carbons (Fsp3) is 0.200. The van der Waals surface area contributed by atoms with E-state index in [1.807, 2.05) is 0 Å². The van der Waals surface area contributed by atoms with E-state index in [0.717, 1.165) is 22.5 Å². The minimum atomic E-state index is -0.776. The van der Waals surface area contributed by atoms with Crippen LogP contribution in [-0.4, -0.2) is 38.2 Å². The van der Waals surface area contributed by atoms with Crippen LogP contribution in [-0.2, 0) is 16.1 Å². The molecule has 0 saturated carbocycles. The molecule has 21 heavy (non-hydrogen) atoms. The van der Waals surface area contributed by atoms with Gasteiger partial charge in [0.15, 0.2) is 0 Å². The lowest BCUT2D eigenvalue weighted by atomic mass is 10.3. The first-order valence-electron chi connectivity index (χ1n) is 5.46. The summed E-state index contributed by atoms with van der Waals surface area (Å²) in [7, 11) is 1.22. The molecule has 0 spiro atoms. The number of nitro groups is 1. The highest BCUT2D eigenvalue weighted by atomic mass is 32.2. The predicted octanol–water partition coefficient (Wildman–Crippen LogP) is 1.04. The van der Waals surface area contributed by atoms with Crippen LogP contribution in [0.4, 0.5) is 10.1 Å². The normalized spacial score (nSPS) is 10.4. The van der Waals surface area contributed by atoms with Crippen molar-refractivity contribution in [3.63, 3.8) is 0 Å². The molecule has 1 aromatic carbocycles.